The molecule has 198 valence electrons. The van der Waals surface area contributed by atoms with Gasteiger partial charge in [-0.15, -0.1) is 0 Å². The fourth-order valence-electron chi connectivity index (χ4n) is 4.52. The van der Waals surface area contributed by atoms with Crippen molar-refractivity contribution in [2.24, 2.45) is 0 Å². The van der Waals surface area contributed by atoms with Gasteiger partial charge < -0.3 is 16.4 Å². The summed E-state index contributed by atoms with van der Waals surface area (Å²) in [4.78, 5) is 0. The number of halogens is 6. The quantitative estimate of drug-likeness (QED) is 0.118. The van der Waals surface area contributed by atoms with Gasteiger partial charge in [0.05, 0.1) is 11.1 Å². The van der Waals surface area contributed by atoms with E-state index in [-0.39, 0.29) is 11.2 Å². The van der Waals surface area contributed by atoms with Crippen LogP contribution in [0.1, 0.15) is 11.1 Å². The van der Waals surface area contributed by atoms with Crippen LogP contribution in [0.25, 0.3) is 32.7 Å². The highest BCUT2D eigenvalue weighted by molar-refractivity contribution is 7.80. The number of benzene rings is 5. The number of fused-ring (bicyclic) bond motifs is 2. The molecule has 0 fully saturated rings. The molecule has 0 heterocycles. The Kier molecular flexibility index (Phi) is 6.59. The molecule has 0 spiro atoms. The normalized spacial score (nSPS) is 12.1. The fourth-order valence-corrected chi connectivity index (χ4v) is 4.75. The van der Waals surface area contributed by atoms with Crippen LogP contribution >= 0.6 is 12.2 Å². The molecule has 0 aliphatic heterocycles. The Labute approximate surface area is 224 Å². The van der Waals surface area contributed by atoms with Crippen LogP contribution in [-0.2, 0) is 12.4 Å². The van der Waals surface area contributed by atoms with Gasteiger partial charge in [0.1, 0.15) is 0 Å². The molecule has 0 saturated heterocycles. The molecule has 0 aromatic heterocycles. The van der Waals surface area contributed by atoms with E-state index in [0.717, 1.165) is 21.5 Å². The van der Waals surface area contributed by atoms with E-state index in [1.54, 1.807) is 12.1 Å². The Morgan fingerprint density at radius 3 is 1.69 bits per heavy atom. The van der Waals surface area contributed by atoms with Crippen molar-refractivity contribution in [2.45, 2.75) is 12.4 Å². The molecule has 39 heavy (non-hydrogen) atoms. The van der Waals surface area contributed by atoms with Crippen molar-refractivity contribution in [3.8, 4) is 11.1 Å². The van der Waals surface area contributed by atoms with Crippen LogP contribution in [-0.4, -0.2) is 5.11 Å². The van der Waals surface area contributed by atoms with Crippen LogP contribution in [0.15, 0.2) is 91.0 Å². The summed E-state index contributed by atoms with van der Waals surface area (Å²) < 4.78 is 79.9. The summed E-state index contributed by atoms with van der Waals surface area (Å²) in [6, 6.07) is 23.6. The maximum atomic E-state index is 13.3. The standard InChI is InChI=1S/C29H19F6N3S/c30-28(31,32)18-13-19(29(33,34)35)15-20(14-18)37-27(39)38-24-12-10-17-6-2-4-8-22(17)26(24)25-21-7-3-1-5-16(21)9-11-23(25)36/h1-15H,36H2,(H2,37,38,39). The SMILES string of the molecule is Nc1ccc2ccccc2c1-c1c(NC(=S)Nc2cc(C(F)(F)F)cc(C(F)(F)F)c2)ccc2ccccc12. The first kappa shape index (κ1) is 26.3. The molecule has 0 atom stereocenters. The van der Waals surface area contributed by atoms with Crippen LogP contribution in [0.3, 0.4) is 0 Å². The Hall–Kier alpha value is -4.31. The largest absolute Gasteiger partial charge is 0.416 e. The third-order valence-corrected chi connectivity index (χ3v) is 6.44. The molecular formula is C29H19F6N3S. The number of nitrogen functional groups attached to an aromatic ring is 1. The average molecular weight is 556 g/mol. The highest BCUT2D eigenvalue weighted by Crippen LogP contribution is 2.43. The average Bonchev–Trinajstić information content (AvgIpc) is 2.88. The fraction of sp³-hybridized carbons (Fsp3) is 0.0690. The lowest BCUT2D eigenvalue weighted by Gasteiger charge is -2.20. The minimum absolute atomic E-state index is 0.0619. The molecule has 0 radical (unpaired) electrons. The number of rotatable bonds is 3. The van der Waals surface area contributed by atoms with Crippen LogP contribution in [0.5, 0.6) is 0 Å². The van der Waals surface area contributed by atoms with Crippen LogP contribution in [0, 0.1) is 0 Å². The summed E-state index contributed by atoms with van der Waals surface area (Å²) in [7, 11) is 0. The van der Waals surface area contributed by atoms with Gasteiger partial charge in [-0.05, 0) is 64.1 Å². The molecule has 4 N–H and O–H groups in total. The first-order valence-electron chi connectivity index (χ1n) is 11.6. The maximum absolute atomic E-state index is 13.3. The molecule has 0 aliphatic carbocycles. The molecule has 0 aliphatic rings. The smallest absolute Gasteiger partial charge is 0.398 e. The summed E-state index contributed by atoms with van der Waals surface area (Å²) in [5.74, 6) is 0. The lowest BCUT2D eigenvalue weighted by atomic mass is 9.91. The molecule has 3 nitrogen and oxygen atoms in total. The molecule has 5 rings (SSSR count). The molecule has 5 aromatic rings. The van der Waals surface area contributed by atoms with Gasteiger partial charge in [0.15, 0.2) is 5.11 Å². The monoisotopic (exact) mass is 555 g/mol. The molecule has 0 bridgehead atoms. The highest BCUT2D eigenvalue weighted by atomic mass is 32.1. The number of anilines is 3. The number of hydrogen-bond acceptors (Lipinski definition) is 2. The van der Waals surface area contributed by atoms with Crippen molar-refractivity contribution >= 4 is 55.9 Å². The first-order valence-corrected chi connectivity index (χ1v) is 12.0. The zero-order valence-corrected chi connectivity index (χ0v) is 20.7. The van der Waals surface area contributed by atoms with Gasteiger partial charge in [-0.3, -0.25) is 0 Å². The number of nitrogens with two attached hydrogens (primary N) is 1. The van der Waals surface area contributed by atoms with Gasteiger partial charge in [-0.25, -0.2) is 0 Å². The van der Waals surface area contributed by atoms with E-state index in [9.17, 15) is 26.3 Å². The van der Waals surface area contributed by atoms with E-state index < -0.39 is 29.2 Å². The summed E-state index contributed by atoms with van der Waals surface area (Å²) >= 11 is 5.34. The molecule has 0 unspecified atom stereocenters. The van der Waals surface area contributed by atoms with Gasteiger partial charge in [0.25, 0.3) is 0 Å². The summed E-state index contributed by atoms with van der Waals surface area (Å²) in [5, 5.41) is 8.77. The van der Waals surface area contributed by atoms with E-state index in [2.05, 4.69) is 10.6 Å². The van der Waals surface area contributed by atoms with Crippen molar-refractivity contribution in [1.82, 2.24) is 0 Å². The molecule has 0 amide bonds. The van der Waals surface area contributed by atoms with Gasteiger partial charge in [-0.2, -0.15) is 26.3 Å². The Morgan fingerprint density at radius 2 is 1.13 bits per heavy atom. The van der Waals surface area contributed by atoms with E-state index in [0.29, 0.717) is 34.6 Å². The van der Waals surface area contributed by atoms with Crippen molar-refractivity contribution in [1.29, 1.82) is 0 Å². The van der Waals surface area contributed by atoms with Crippen molar-refractivity contribution in [3.63, 3.8) is 0 Å². The molecule has 10 heteroatoms. The summed E-state index contributed by atoms with van der Waals surface area (Å²) in [5.41, 5.74) is 5.47. The van der Waals surface area contributed by atoms with Crippen LogP contribution in [0.2, 0.25) is 0 Å². The zero-order valence-electron chi connectivity index (χ0n) is 19.9. The minimum atomic E-state index is -4.98. The lowest BCUT2D eigenvalue weighted by Crippen LogP contribution is -2.21. The van der Waals surface area contributed by atoms with Crippen molar-refractivity contribution < 1.29 is 26.3 Å². The second-order valence-electron chi connectivity index (χ2n) is 8.83. The molecule has 0 saturated carbocycles. The predicted molar refractivity (Wildman–Crippen MR) is 148 cm³/mol. The Morgan fingerprint density at radius 1 is 0.615 bits per heavy atom. The third kappa shape index (κ3) is 5.33. The maximum Gasteiger partial charge on any atom is 0.416 e. The van der Waals surface area contributed by atoms with Crippen molar-refractivity contribution in [2.75, 3.05) is 16.4 Å². The van der Waals surface area contributed by atoms with Gasteiger partial charge >= 0.3 is 12.4 Å². The van der Waals surface area contributed by atoms with Gasteiger partial charge in [0.2, 0.25) is 0 Å². The third-order valence-electron chi connectivity index (χ3n) is 6.23. The predicted octanol–water partition coefficient (Wildman–Crippen LogP) is 9.09. The van der Waals surface area contributed by atoms with Gasteiger partial charge in [-0.1, -0.05) is 60.7 Å². The lowest BCUT2D eigenvalue weighted by molar-refractivity contribution is -0.143. The Balaban J connectivity index is 1.60. The zero-order chi connectivity index (χ0) is 27.9. The number of thiocarbonyl (C=S) groups is 1. The summed E-state index contributed by atoms with van der Waals surface area (Å²) in [6.07, 6.45) is -9.96. The van der Waals surface area contributed by atoms with E-state index in [1.165, 1.54) is 0 Å². The van der Waals surface area contributed by atoms with Crippen molar-refractivity contribution in [3.05, 3.63) is 102 Å². The number of nitrogens with one attached hydrogen (secondary N) is 2. The minimum Gasteiger partial charge on any atom is -0.398 e. The van der Waals surface area contributed by atoms with E-state index >= 15 is 0 Å². The topological polar surface area (TPSA) is 50.1 Å². The highest BCUT2D eigenvalue weighted by Gasteiger charge is 2.37. The first-order chi connectivity index (χ1) is 18.4. The second kappa shape index (κ2) is 9.77. The number of hydrogen-bond donors (Lipinski definition) is 3. The van der Waals surface area contributed by atoms with E-state index in [4.69, 9.17) is 18.0 Å². The summed E-state index contributed by atoms with van der Waals surface area (Å²) in [6.45, 7) is 0. The molecular weight excluding hydrogens is 536 g/mol. The van der Waals surface area contributed by atoms with Gasteiger partial charge in [0, 0.05) is 28.2 Å². The van der Waals surface area contributed by atoms with Crippen LogP contribution < -0.4 is 16.4 Å². The van der Waals surface area contributed by atoms with E-state index in [1.807, 2.05) is 60.7 Å². The second-order valence-corrected chi connectivity index (χ2v) is 9.24. The van der Waals surface area contributed by atoms with Crippen LogP contribution in [0.4, 0.5) is 43.4 Å². The number of alkyl halides is 6. The molecule has 5 aromatic carbocycles. The Bertz CT molecular complexity index is 1690.